The van der Waals surface area contributed by atoms with Crippen LogP contribution in [0.15, 0.2) is 12.4 Å². The van der Waals surface area contributed by atoms with Crippen LogP contribution in [0.1, 0.15) is 51.0 Å². The molecule has 1 amide bonds. The number of rotatable bonds is 8. The summed E-state index contributed by atoms with van der Waals surface area (Å²) in [6.07, 6.45) is 10.9. The summed E-state index contributed by atoms with van der Waals surface area (Å²) < 4.78 is 6.53. The van der Waals surface area contributed by atoms with E-state index in [2.05, 4.69) is 32.4 Å². The Kier molecular flexibility index (Phi) is 5.20. The Hall–Kier alpha value is -1.73. The number of nitrogens with one attached hydrogen (secondary N) is 2. The molecule has 2 N–H and O–H groups in total. The first-order valence-corrected chi connectivity index (χ1v) is 11.4. The normalized spacial score (nSPS) is 33.5. The highest BCUT2D eigenvalue weighted by molar-refractivity contribution is 5.79. The summed E-state index contributed by atoms with van der Waals surface area (Å²) in [5, 5.41) is 6.47. The maximum absolute atomic E-state index is 12.3. The van der Waals surface area contributed by atoms with E-state index in [9.17, 15) is 4.79 Å². The average molecular weight is 400 g/mol. The van der Waals surface area contributed by atoms with E-state index in [0.29, 0.717) is 23.9 Å². The summed E-state index contributed by atoms with van der Waals surface area (Å²) >= 11 is 0. The van der Waals surface area contributed by atoms with E-state index in [1.54, 1.807) is 0 Å². The number of nitrogens with zero attached hydrogens (tertiary/aromatic N) is 3. The summed E-state index contributed by atoms with van der Waals surface area (Å²) in [6, 6.07) is 0. The van der Waals surface area contributed by atoms with Gasteiger partial charge in [-0.2, -0.15) is 0 Å². The van der Waals surface area contributed by atoms with Crippen molar-refractivity contribution >= 4 is 11.9 Å². The Labute approximate surface area is 173 Å². The van der Waals surface area contributed by atoms with E-state index >= 15 is 0 Å². The highest BCUT2D eigenvalue weighted by Crippen LogP contribution is 2.54. The number of hydrogen-bond donors (Lipinski definition) is 2. The van der Waals surface area contributed by atoms with E-state index in [4.69, 9.17) is 4.74 Å². The molecular formula is C22H33N5O2. The van der Waals surface area contributed by atoms with Gasteiger partial charge in [0.2, 0.25) is 11.9 Å². The predicted octanol–water partition coefficient (Wildman–Crippen LogP) is 2.19. The van der Waals surface area contributed by atoms with Crippen molar-refractivity contribution in [3.8, 4) is 0 Å². The third-order valence-corrected chi connectivity index (χ3v) is 7.49. The van der Waals surface area contributed by atoms with Gasteiger partial charge in [0.1, 0.15) is 0 Å². The van der Waals surface area contributed by atoms with Crippen LogP contribution in [0, 0.1) is 17.8 Å². The number of aromatic nitrogens is 2. The average Bonchev–Trinajstić information content (AvgIpc) is 3.32. The van der Waals surface area contributed by atoms with E-state index in [1.165, 1.54) is 6.42 Å². The zero-order valence-corrected chi connectivity index (χ0v) is 17.4. The maximum Gasteiger partial charge on any atom is 0.223 e. The number of likely N-dealkylation sites (tertiary alicyclic amines) is 1. The second-order valence-electron chi connectivity index (χ2n) is 9.41. The monoisotopic (exact) mass is 399 g/mol. The van der Waals surface area contributed by atoms with Gasteiger partial charge in [-0.15, -0.1) is 0 Å². The molecule has 4 fully saturated rings. The van der Waals surface area contributed by atoms with Gasteiger partial charge in [0.05, 0.1) is 11.7 Å². The van der Waals surface area contributed by atoms with Gasteiger partial charge in [0.15, 0.2) is 0 Å². The van der Waals surface area contributed by atoms with Crippen molar-refractivity contribution in [3.05, 3.63) is 18.0 Å². The Balaban J connectivity index is 1.18. The molecule has 4 atom stereocenters. The molecule has 3 saturated heterocycles. The van der Waals surface area contributed by atoms with Gasteiger partial charge in [-0.25, -0.2) is 9.97 Å². The lowest BCUT2D eigenvalue weighted by molar-refractivity contribution is -0.127. The molecule has 1 saturated carbocycles. The highest BCUT2D eigenvalue weighted by Gasteiger charge is 2.62. The Bertz CT molecular complexity index is 737. The number of fused-ring (bicyclic) bond motifs is 1. The quantitative estimate of drug-likeness (QED) is 0.698. The number of amides is 1. The number of hydrogen-bond acceptors (Lipinski definition) is 6. The largest absolute Gasteiger partial charge is 0.370 e. The van der Waals surface area contributed by atoms with Crippen LogP contribution in [0.2, 0.25) is 0 Å². The summed E-state index contributed by atoms with van der Waals surface area (Å²) in [7, 11) is 0. The first kappa shape index (κ1) is 19.2. The Morgan fingerprint density at radius 2 is 2.14 bits per heavy atom. The lowest BCUT2D eigenvalue weighted by atomic mass is 9.73. The molecule has 3 aliphatic heterocycles. The minimum absolute atomic E-state index is 0.00000978. The minimum atomic E-state index is 0.00000978. The third-order valence-electron chi connectivity index (χ3n) is 7.49. The fraction of sp³-hybridized carbons (Fsp3) is 0.773. The topological polar surface area (TPSA) is 79.4 Å². The molecule has 4 heterocycles. The third kappa shape index (κ3) is 3.63. The molecule has 1 spiro atoms. The van der Waals surface area contributed by atoms with Crippen molar-refractivity contribution in [2.45, 2.75) is 63.7 Å². The van der Waals surface area contributed by atoms with E-state index in [1.807, 2.05) is 12.4 Å². The van der Waals surface area contributed by atoms with Crippen molar-refractivity contribution in [1.29, 1.82) is 0 Å². The van der Waals surface area contributed by atoms with Crippen molar-refractivity contribution in [2.75, 3.05) is 31.5 Å². The summed E-state index contributed by atoms with van der Waals surface area (Å²) in [5.41, 5.74) is 1.15. The molecule has 1 aliphatic carbocycles. The van der Waals surface area contributed by atoms with Crippen LogP contribution < -0.4 is 10.6 Å². The maximum atomic E-state index is 12.3. The number of ether oxygens (including phenoxy) is 1. The summed E-state index contributed by atoms with van der Waals surface area (Å²) in [5.74, 6) is 2.20. The molecule has 158 valence electrons. The molecular weight excluding hydrogens is 366 g/mol. The molecule has 29 heavy (non-hydrogen) atoms. The van der Waals surface area contributed by atoms with Gasteiger partial charge in [0.25, 0.3) is 0 Å². The first-order valence-electron chi connectivity index (χ1n) is 11.4. The number of carbonyl (C=O) groups excluding carboxylic acids is 1. The smallest absolute Gasteiger partial charge is 0.223 e. The van der Waals surface area contributed by atoms with Crippen LogP contribution in [0.3, 0.4) is 0 Å². The first-order chi connectivity index (χ1) is 14.2. The van der Waals surface area contributed by atoms with Crippen molar-refractivity contribution in [3.63, 3.8) is 0 Å². The predicted molar refractivity (Wildman–Crippen MR) is 110 cm³/mol. The Morgan fingerprint density at radius 1 is 1.31 bits per heavy atom. The van der Waals surface area contributed by atoms with Gasteiger partial charge >= 0.3 is 0 Å². The van der Waals surface area contributed by atoms with Gasteiger partial charge in [-0.1, -0.05) is 13.3 Å². The van der Waals surface area contributed by atoms with Crippen LogP contribution in [0.4, 0.5) is 5.95 Å². The second kappa shape index (κ2) is 7.84. The number of carbonyl (C=O) groups is 1. The van der Waals surface area contributed by atoms with Crippen molar-refractivity contribution in [1.82, 2.24) is 20.2 Å². The van der Waals surface area contributed by atoms with Crippen LogP contribution in [-0.4, -0.2) is 58.7 Å². The number of anilines is 1. The molecule has 7 nitrogen and oxygen atoms in total. The van der Waals surface area contributed by atoms with Gasteiger partial charge in [0, 0.05) is 68.4 Å². The molecule has 7 heteroatoms. The molecule has 4 aliphatic rings. The molecule has 1 aromatic heterocycles. The zero-order valence-electron chi connectivity index (χ0n) is 17.4. The fourth-order valence-electron chi connectivity index (χ4n) is 5.74. The van der Waals surface area contributed by atoms with Crippen LogP contribution in [-0.2, 0) is 16.1 Å². The molecule has 1 aromatic rings. The minimum Gasteiger partial charge on any atom is -0.370 e. The standard InChI is InChI=1S/C22H33N5O2/c1-2-8-23-21-25-9-15(10-26-21)12-27-13-18-17(11-24-20(28)16-4-3-5-16)19-6-7-22(18,14-27)29-19/h9-10,16-19H,2-8,11-14H2,1H3,(H,24,28)(H,23,25,26)/t17-,18+,19+,22+/m0/s1. The highest BCUT2D eigenvalue weighted by atomic mass is 16.5. The van der Waals surface area contributed by atoms with Crippen molar-refractivity contribution in [2.24, 2.45) is 17.8 Å². The van der Waals surface area contributed by atoms with Crippen LogP contribution in [0.5, 0.6) is 0 Å². The SMILES string of the molecule is CCCNc1ncc(CN2C[C@@H]3[C@H](CNC(=O)C4CCC4)[C@H]4CC[C@]3(C2)O4)cn1. The molecule has 2 bridgehead atoms. The van der Waals surface area contributed by atoms with Gasteiger partial charge in [-0.05, 0) is 32.1 Å². The molecule has 0 unspecified atom stereocenters. The second-order valence-corrected chi connectivity index (χ2v) is 9.41. The van der Waals surface area contributed by atoms with E-state index < -0.39 is 0 Å². The van der Waals surface area contributed by atoms with Crippen molar-refractivity contribution < 1.29 is 9.53 Å². The fourth-order valence-corrected chi connectivity index (χ4v) is 5.74. The zero-order chi connectivity index (χ0) is 19.8. The van der Waals surface area contributed by atoms with E-state index in [0.717, 1.165) is 70.4 Å². The van der Waals surface area contributed by atoms with Crippen LogP contribution >= 0.6 is 0 Å². The molecule has 0 radical (unpaired) electrons. The Morgan fingerprint density at radius 3 is 2.86 bits per heavy atom. The summed E-state index contributed by atoms with van der Waals surface area (Å²) in [4.78, 5) is 23.7. The van der Waals surface area contributed by atoms with Crippen LogP contribution in [0.25, 0.3) is 0 Å². The molecule has 0 aromatic carbocycles. The van der Waals surface area contributed by atoms with Gasteiger partial charge in [-0.3, -0.25) is 9.69 Å². The summed E-state index contributed by atoms with van der Waals surface area (Å²) in [6.45, 7) is 6.69. The van der Waals surface area contributed by atoms with E-state index in [-0.39, 0.29) is 17.4 Å². The molecule has 5 rings (SSSR count). The lowest BCUT2D eigenvalue weighted by Gasteiger charge is -2.31. The van der Waals surface area contributed by atoms with Gasteiger partial charge < -0.3 is 15.4 Å². The lowest BCUT2D eigenvalue weighted by Crippen LogP contribution is -2.44.